The molecule has 1 aliphatic heterocycles. The summed E-state index contributed by atoms with van der Waals surface area (Å²) in [7, 11) is 0. The van der Waals surface area contributed by atoms with E-state index in [1.165, 1.54) is 17.0 Å². The van der Waals surface area contributed by atoms with Crippen LogP contribution in [0.5, 0.6) is 0 Å². The number of amides is 1. The van der Waals surface area contributed by atoms with Crippen molar-refractivity contribution >= 4 is 22.9 Å². The molecule has 1 amide bonds. The Kier molecular flexibility index (Phi) is 7.33. The van der Waals surface area contributed by atoms with Gasteiger partial charge in [0.25, 0.3) is 0 Å². The van der Waals surface area contributed by atoms with Crippen LogP contribution in [-0.2, 0) is 11.3 Å². The number of aliphatic hydroxyl groups is 1. The van der Waals surface area contributed by atoms with Gasteiger partial charge in [0.1, 0.15) is 12.4 Å². The Labute approximate surface area is 191 Å². The molecule has 6 heteroatoms. The van der Waals surface area contributed by atoms with Gasteiger partial charge in [0.2, 0.25) is 5.91 Å². The average molecular weight is 449 g/mol. The first-order chi connectivity index (χ1) is 15.6. The zero-order valence-electron chi connectivity index (χ0n) is 17.7. The molecule has 1 saturated heterocycles. The number of likely N-dealkylation sites (tertiary alicyclic amines) is 1. The third-order valence-electron chi connectivity index (χ3n) is 5.59. The number of piperidine rings is 1. The van der Waals surface area contributed by atoms with Crippen LogP contribution in [0.1, 0.15) is 23.3 Å². The maximum absolute atomic E-state index is 13.5. The van der Waals surface area contributed by atoms with Crippen LogP contribution in [0, 0.1) is 23.6 Å². The number of nitrogens with zero attached hydrogens (tertiary/aromatic N) is 1. The van der Waals surface area contributed by atoms with E-state index in [0.717, 1.165) is 54.9 Å². The second-order valence-corrected chi connectivity index (χ2v) is 8.89. The van der Waals surface area contributed by atoms with Crippen molar-refractivity contribution < 1.29 is 14.3 Å². The molecule has 1 aromatic heterocycles. The molecule has 0 radical (unpaired) electrons. The van der Waals surface area contributed by atoms with Crippen molar-refractivity contribution in [3.63, 3.8) is 0 Å². The number of halogens is 1. The van der Waals surface area contributed by atoms with Crippen LogP contribution >= 0.6 is 11.3 Å². The number of nitrogens with one attached hydrogen (secondary N) is 1. The molecule has 0 unspecified atom stereocenters. The number of rotatable bonds is 5. The van der Waals surface area contributed by atoms with Gasteiger partial charge < -0.3 is 10.4 Å². The summed E-state index contributed by atoms with van der Waals surface area (Å²) in [4.78, 5) is 16.4. The third kappa shape index (κ3) is 5.83. The molecule has 2 aromatic carbocycles. The van der Waals surface area contributed by atoms with E-state index in [9.17, 15) is 9.18 Å². The molecule has 3 aromatic rings. The lowest BCUT2D eigenvalue weighted by molar-refractivity contribution is -0.121. The Morgan fingerprint density at radius 2 is 1.88 bits per heavy atom. The lowest BCUT2D eigenvalue weighted by Gasteiger charge is -2.30. The van der Waals surface area contributed by atoms with Crippen molar-refractivity contribution in [3.8, 4) is 23.0 Å². The molecular weight excluding hydrogens is 423 g/mol. The summed E-state index contributed by atoms with van der Waals surface area (Å²) in [5, 5.41) is 13.9. The number of carbonyl (C=O) groups excluding carboxylic acids is 1. The van der Waals surface area contributed by atoms with Crippen LogP contribution in [0.25, 0.3) is 11.1 Å². The maximum atomic E-state index is 13.5. The number of carbonyl (C=O) groups is 1. The van der Waals surface area contributed by atoms with Gasteiger partial charge in [-0.25, -0.2) is 4.39 Å². The second-order valence-electron chi connectivity index (χ2n) is 7.89. The van der Waals surface area contributed by atoms with Gasteiger partial charge in [-0.15, -0.1) is 11.3 Å². The van der Waals surface area contributed by atoms with E-state index >= 15 is 0 Å². The molecule has 0 spiro atoms. The molecule has 0 saturated carbocycles. The summed E-state index contributed by atoms with van der Waals surface area (Å²) >= 11 is 1.67. The molecule has 0 bridgehead atoms. The van der Waals surface area contributed by atoms with Gasteiger partial charge in [-0.2, -0.15) is 0 Å². The largest absolute Gasteiger partial charge is 0.384 e. The molecule has 0 atom stereocenters. The van der Waals surface area contributed by atoms with E-state index in [0.29, 0.717) is 0 Å². The average Bonchev–Trinajstić information content (AvgIpc) is 3.25. The van der Waals surface area contributed by atoms with Crippen LogP contribution in [0.15, 0.2) is 60.0 Å². The molecule has 4 nitrogen and oxygen atoms in total. The lowest BCUT2D eigenvalue weighted by Crippen LogP contribution is -2.37. The van der Waals surface area contributed by atoms with Crippen LogP contribution in [0.4, 0.5) is 10.1 Å². The molecule has 164 valence electrons. The van der Waals surface area contributed by atoms with Crippen molar-refractivity contribution in [1.82, 2.24) is 4.90 Å². The molecule has 1 fully saturated rings. The predicted octanol–water partition coefficient (Wildman–Crippen LogP) is 4.75. The number of anilines is 1. The SMILES string of the molecule is O=C(Nc1cccc(-c2cccc(F)c2)c1)C1CCN(Cc2cc(C#CCO)cs2)CC1. The highest BCUT2D eigenvalue weighted by atomic mass is 32.1. The minimum absolute atomic E-state index is 0.0154. The van der Waals surface area contributed by atoms with Crippen molar-refractivity contribution in [3.05, 3.63) is 76.2 Å². The van der Waals surface area contributed by atoms with Crippen LogP contribution in [0.3, 0.4) is 0 Å². The number of hydrogen-bond acceptors (Lipinski definition) is 4. The van der Waals surface area contributed by atoms with Crippen molar-refractivity contribution in [2.75, 3.05) is 25.0 Å². The maximum Gasteiger partial charge on any atom is 0.227 e. The summed E-state index contributed by atoms with van der Waals surface area (Å²) < 4.78 is 13.5. The molecule has 0 aliphatic carbocycles. The predicted molar refractivity (Wildman–Crippen MR) is 127 cm³/mol. The minimum atomic E-state index is -0.277. The zero-order chi connectivity index (χ0) is 22.3. The summed E-state index contributed by atoms with van der Waals surface area (Å²) in [6.45, 7) is 2.47. The first kappa shape index (κ1) is 22.2. The summed E-state index contributed by atoms with van der Waals surface area (Å²) in [5.41, 5.74) is 3.33. The van der Waals surface area contributed by atoms with Crippen molar-refractivity contribution in [2.24, 2.45) is 5.92 Å². The van der Waals surface area contributed by atoms with Gasteiger partial charge >= 0.3 is 0 Å². The number of thiophene rings is 1. The van der Waals surface area contributed by atoms with E-state index in [2.05, 4.69) is 28.1 Å². The Balaban J connectivity index is 1.30. The van der Waals surface area contributed by atoms with Gasteiger partial charge in [-0.1, -0.05) is 36.1 Å². The summed E-state index contributed by atoms with van der Waals surface area (Å²) in [6.07, 6.45) is 1.63. The molecule has 1 aliphatic rings. The van der Waals surface area contributed by atoms with E-state index < -0.39 is 0 Å². The van der Waals surface area contributed by atoms with E-state index in [1.807, 2.05) is 35.7 Å². The first-order valence-corrected chi connectivity index (χ1v) is 11.5. The molecule has 2 heterocycles. The van der Waals surface area contributed by atoms with Crippen LogP contribution in [-0.4, -0.2) is 35.6 Å². The van der Waals surface area contributed by atoms with E-state index in [4.69, 9.17) is 5.11 Å². The molecular formula is C26H25FN2O2S. The van der Waals surface area contributed by atoms with Crippen LogP contribution < -0.4 is 5.32 Å². The Hall–Kier alpha value is -2.98. The third-order valence-corrected chi connectivity index (χ3v) is 6.51. The Bertz CT molecular complexity index is 1140. The topological polar surface area (TPSA) is 52.6 Å². The van der Waals surface area contributed by atoms with Crippen molar-refractivity contribution in [2.45, 2.75) is 19.4 Å². The monoisotopic (exact) mass is 448 g/mol. The fourth-order valence-corrected chi connectivity index (χ4v) is 4.79. The van der Waals surface area contributed by atoms with Crippen LogP contribution in [0.2, 0.25) is 0 Å². The highest BCUT2D eigenvalue weighted by Crippen LogP contribution is 2.26. The first-order valence-electron chi connectivity index (χ1n) is 10.7. The van der Waals surface area contributed by atoms with E-state index in [-0.39, 0.29) is 24.2 Å². The second kappa shape index (κ2) is 10.6. The quantitative estimate of drug-likeness (QED) is 0.554. The highest BCUT2D eigenvalue weighted by Gasteiger charge is 2.25. The minimum Gasteiger partial charge on any atom is -0.384 e. The Morgan fingerprint density at radius 3 is 2.62 bits per heavy atom. The van der Waals surface area contributed by atoms with Gasteiger partial charge in [0, 0.05) is 34.0 Å². The molecule has 32 heavy (non-hydrogen) atoms. The van der Waals surface area contributed by atoms with Crippen molar-refractivity contribution in [1.29, 1.82) is 0 Å². The number of aliphatic hydroxyl groups excluding tert-OH is 1. The number of benzene rings is 2. The fourth-order valence-electron chi connectivity index (χ4n) is 3.93. The summed E-state index contributed by atoms with van der Waals surface area (Å²) in [6, 6.07) is 16.1. The molecule has 4 rings (SSSR count). The standard InChI is InChI=1S/C26H25FN2O2S/c27-23-7-1-5-21(15-23)22-6-2-8-24(16-22)28-26(31)20-9-11-29(12-10-20)17-25-14-19(18-32-25)4-3-13-30/h1-2,5-8,14-16,18,20,30H,9-13,17H2,(H,28,31). The summed E-state index contributed by atoms with van der Waals surface area (Å²) in [5.74, 6) is 5.35. The smallest absolute Gasteiger partial charge is 0.227 e. The zero-order valence-corrected chi connectivity index (χ0v) is 18.5. The van der Waals surface area contributed by atoms with E-state index in [1.54, 1.807) is 17.4 Å². The van der Waals surface area contributed by atoms with Gasteiger partial charge in [-0.3, -0.25) is 9.69 Å². The normalized spacial score (nSPS) is 14.6. The van der Waals surface area contributed by atoms with Gasteiger partial charge in [-0.05, 0) is 67.4 Å². The fraction of sp³-hybridized carbons (Fsp3) is 0.269. The highest BCUT2D eigenvalue weighted by molar-refractivity contribution is 7.10. The molecule has 2 N–H and O–H groups in total. The van der Waals surface area contributed by atoms with Gasteiger partial charge in [0.05, 0.1) is 0 Å². The number of hydrogen-bond donors (Lipinski definition) is 2. The van der Waals surface area contributed by atoms with Gasteiger partial charge in [0.15, 0.2) is 0 Å². The Morgan fingerprint density at radius 1 is 1.12 bits per heavy atom. The lowest BCUT2D eigenvalue weighted by atomic mass is 9.95.